The maximum atomic E-state index is 12.2. The normalized spacial score (nSPS) is 10.1. The Morgan fingerprint density at radius 3 is 2.75 bits per heavy atom. The van der Waals surface area contributed by atoms with Gasteiger partial charge in [-0.3, -0.25) is 4.79 Å². The third-order valence-electron chi connectivity index (χ3n) is 2.69. The number of carbonyl (C=O) groups excluding carboxylic acids is 1. The first kappa shape index (κ1) is 14.4. The van der Waals surface area contributed by atoms with Crippen LogP contribution in [0.4, 0.5) is 5.69 Å². The Balaban J connectivity index is 2.11. The molecule has 0 saturated heterocycles. The van der Waals surface area contributed by atoms with E-state index in [4.69, 9.17) is 16.3 Å². The molecule has 0 saturated carbocycles. The second-order valence-corrected chi connectivity index (χ2v) is 4.72. The highest BCUT2D eigenvalue weighted by molar-refractivity contribution is 6.33. The predicted octanol–water partition coefficient (Wildman–Crippen LogP) is 4.38. The average molecular weight is 290 g/mol. The molecule has 2 rings (SSSR count). The molecule has 0 aliphatic carbocycles. The van der Waals surface area contributed by atoms with Crippen molar-refractivity contribution in [2.75, 3.05) is 11.9 Å². The Hall–Kier alpha value is -2.00. The lowest BCUT2D eigenvalue weighted by Gasteiger charge is -2.09. The minimum atomic E-state index is -0.208. The van der Waals surface area contributed by atoms with Crippen molar-refractivity contribution in [3.63, 3.8) is 0 Å². The zero-order chi connectivity index (χ0) is 14.4. The van der Waals surface area contributed by atoms with Gasteiger partial charge in [0.2, 0.25) is 0 Å². The van der Waals surface area contributed by atoms with E-state index in [0.717, 1.165) is 6.42 Å². The molecular weight excluding hydrogens is 274 g/mol. The molecule has 0 unspecified atom stereocenters. The smallest absolute Gasteiger partial charge is 0.255 e. The van der Waals surface area contributed by atoms with Gasteiger partial charge in [0.25, 0.3) is 5.91 Å². The van der Waals surface area contributed by atoms with Gasteiger partial charge in [-0.2, -0.15) is 0 Å². The number of ether oxygens (including phenoxy) is 1. The Morgan fingerprint density at radius 1 is 1.20 bits per heavy atom. The molecule has 20 heavy (non-hydrogen) atoms. The number of benzene rings is 2. The number of para-hydroxylation sites is 1. The minimum absolute atomic E-state index is 0.208. The van der Waals surface area contributed by atoms with Gasteiger partial charge >= 0.3 is 0 Å². The standard InChI is InChI=1S/C16H16ClNO2/c1-2-10-20-13-7-5-6-12(11-13)16(19)18-15-9-4-3-8-14(15)17/h3-9,11H,2,10H2,1H3,(H,18,19). The van der Waals surface area contributed by atoms with Gasteiger partial charge in [0.1, 0.15) is 5.75 Å². The molecule has 0 spiro atoms. The number of nitrogens with one attached hydrogen (secondary N) is 1. The first-order valence-corrected chi connectivity index (χ1v) is 6.87. The fourth-order valence-corrected chi connectivity index (χ4v) is 1.89. The summed E-state index contributed by atoms with van der Waals surface area (Å²) < 4.78 is 5.51. The van der Waals surface area contributed by atoms with Crippen LogP contribution in [0.25, 0.3) is 0 Å². The van der Waals surface area contributed by atoms with Gasteiger partial charge in [0.15, 0.2) is 0 Å². The first-order valence-electron chi connectivity index (χ1n) is 6.49. The van der Waals surface area contributed by atoms with Crippen molar-refractivity contribution in [2.45, 2.75) is 13.3 Å². The van der Waals surface area contributed by atoms with Crippen molar-refractivity contribution in [1.29, 1.82) is 0 Å². The highest BCUT2D eigenvalue weighted by Gasteiger charge is 2.09. The lowest BCUT2D eigenvalue weighted by Crippen LogP contribution is -2.12. The molecule has 0 aliphatic heterocycles. The third kappa shape index (κ3) is 3.75. The monoisotopic (exact) mass is 289 g/mol. The molecule has 0 heterocycles. The lowest BCUT2D eigenvalue weighted by atomic mass is 10.2. The Bertz CT molecular complexity index is 599. The van der Waals surface area contributed by atoms with Crippen LogP contribution >= 0.6 is 11.6 Å². The summed E-state index contributed by atoms with van der Waals surface area (Å²) in [4.78, 5) is 12.2. The fourth-order valence-electron chi connectivity index (χ4n) is 1.70. The number of hydrogen-bond donors (Lipinski definition) is 1. The van der Waals surface area contributed by atoms with Crippen LogP contribution in [0.5, 0.6) is 5.75 Å². The van der Waals surface area contributed by atoms with Crippen LogP contribution in [0, 0.1) is 0 Å². The van der Waals surface area contributed by atoms with Crippen molar-refractivity contribution < 1.29 is 9.53 Å². The van der Waals surface area contributed by atoms with E-state index >= 15 is 0 Å². The van der Waals surface area contributed by atoms with Crippen LogP contribution in [0.3, 0.4) is 0 Å². The van der Waals surface area contributed by atoms with Gasteiger partial charge in [0.05, 0.1) is 17.3 Å². The summed E-state index contributed by atoms with van der Waals surface area (Å²) in [7, 11) is 0. The predicted molar refractivity (Wildman–Crippen MR) is 81.6 cm³/mol. The van der Waals surface area contributed by atoms with E-state index in [1.807, 2.05) is 25.1 Å². The summed E-state index contributed by atoms with van der Waals surface area (Å²) in [5, 5.41) is 3.30. The number of amides is 1. The molecule has 0 aromatic heterocycles. The van der Waals surface area contributed by atoms with E-state index in [2.05, 4.69) is 5.32 Å². The number of anilines is 1. The molecule has 3 nitrogen and oxygen atoms in total. The van der Waals surface area contributed by atoms with Gasteiger partial charge in [0, 0.05) is 5.56 Å². The summed E-state index contributed by atoms with van der Waals surface area (Å²) in [6.07, 6.45) is 0.927. The van der Waals surface area contributed by atoms with E-state index in [9.17, 15) is 4.79 Å². The number of halogens is 1. The summed E-state index contributed by atoms with van der Waals surface area (Å²) in [5.41, 5.74) is 1.14. The van der Waals surface area contributed by atoms with E-state index in [1.54, 1.807) is 30.3 Å². The summed E-state index contributed by atoms with van der Waals surface area (Å²) >= 11 is 6.02. The van der Waals surface area contributed by atoms with E-state index in [0.29, 0.717) is 28.6 Å². The molecule has 0 fully saturated rings. The van der Waals surface area contributed by atoms with Crippen LogP contribution in [-0.2, 0) is 0 Å². The van der Waals surface area contributed by atoms with Crippen LogP contribution in [0.15, 0.2) is 48.5 Å². The zero-order valence-corrected chi connectivity index (χ0v) is 12.0. The Labute approximate surface area is 123 Å². The first-order chi connectivity index (χ1) is 9.70. The second-order valence-electron chi connectivity index (χ2n) is 4.31. The number of rotatable bonds is 5. The largest absolute Gasteiger partial charge is 0.494 e. The number of carbonyl (C=O) groups is 1. The van der Waals surface area contributed by atoms with Crippen molar-refractivity contribution in [2.24, 2.45) is 0 Å². The van der Waals surface area contributed by atoms with Gasteiger partial charge in [-0.25, -0.2) is 0 Å². The number of hydrogen-bond acceptors (Lipinski definition) is 2. The van der Waals surface area contributed by atoms with Crippen LogP contribution in [-0.4, -0.2) is 12.5 Å². The quantitative estimate of drug-likeness (QED) is 0.887. The highest BCUT2D eigenvalue weighted by Crippen LogP contribution is 2.22. The van der Waals surface area contributed by atoms with Crippen molar-refractivity contribution in [3.8, 4) is 5.75 Å². The van der Waals surface area contributed by atoms with E-state index in [-0.39, 0.29) is 5.91 Å². The summed E-state index contributed by atoms with van der Waals surface area (Å²) in [6.45, 7) is 2.67. The van der Waals surface area contributed by atoms with Crippen molar-refractivity contribution in [1.82, 2.24) is 0 Å². The minimum Gasteiger partial charge on any atom is -0.494 e. The van der Waals surface area contributed by atoms with Gasteiger partial charge in [-0.05, 0) is 36.8 Å². The summed E-state index contributed by atoms with van der Waals surface area (Å²) in [5.74, 6) is 0.485. The van der Waals surface area contributed by atoms with Crippen LogP contribution in [0.2, 0.25) is 5.02 Å². The molecule has 4 heteroatoms. The third-order valence-corrected chi connectivity index (χ3v) is 3.02. The Kier molecular flexibility index (Phi) is 5.02. The molecule has 0 bridgehead atoms. The molecule has 0 radical (unpaired) electrons. The van der Waals surface area contributed by atoms with Gasteiger partial charge in [-0.1, -0.05) is 36.7 Å². The SMILES string of the molecule is CCCOc1cccc(C(=O)Nc2ccccc2Cl)c1. The van der Waals surface area contributed by atoms with Gasteiger partial charge < -0.3 is 10.1 Å². The van der Waals surface area contributed by atoms with Crippen LogP contribution in [0.1, 0.15) is 23.7 Å². The molecule has 2 aromatic rings. The molecule has 0 aliphatic rings. The lowest BCUT2D eigenvalue weighted by molar-refractivity contribution is 0.102. The van der Waals surface area contributed by atoms with Gasteiger partial charge in [-0.15, -0.1) is 0 Å². The average Bonchev–Trinajstić information content (AvgIpc) is 2.48. The van der Waals surface area contributed by atoms with E-state index in [1.165, 1.54) is 0 Å². The molecular formula is C16H16ClNO2. The highest BCUT2D eigenvalue weighted by atomic mass is 35.5. The van der Waals surface area contributed by atoms with Crippen LogP contribution < -0.4 is 10.1 Å². The maximum absolute atomic E-state index is 12.2. The molecule has 0 atom stereocenters. The maximum Gasteiger partial charge on any atom is 0.255 e. The van der Waals surface area contributed by atoms with E-state index < -0.39 is 0 Å². The van der Waals surface area contributed by atoms with Crippen molar-refractivity contribution in [3.05, 3.63) is 59.1 Å². The zero-order valence-electron chi connectivity index (χ0n) is 11.2. The fraction of sp³-hybridized carbons (Fsp3) is 0.188. The topological polar surface area (TPSA) is 38.3 Å². The van der Waals surface area contributed by atoms with Crippen molar-refractivity contribution >= 4 is 23.2 Å². The Morgan fingerprint density at radius 2 is 2.00 bits per heavy atom. The molecule has 1 N–H and O–H groups in total. The second kappa shape index (κ2) is 6.96. The molecule has 104 valence electrons. The summed E-state index contributed by atoms with van der Waals surface area (Å²) in [6, 6.07) is 14.2. The molecule has 1 amide bonds. The molecule has 2 aromatic carbocycles.